The van der Waals surface area contributed by atoms with Gasteiger partial charge in [-0.2, -0.15) is 5.10 Å². The number of nitrogens with one attached hydrogen (secondary N) is 2. The molecule has 4 aliphatic carbocycles. The standard InChI is InChI=1S/C24H38N4O2.ClH/c1-2-9-30-24-21(15-26-28(24)8-5-16-3-6-25-7-4-16)23(29)27-22-19-11-17-10-18(13-19)14-20(22)12-17;/h15-20,22,25H,2-14H2,1H3,(H,27,29);1H. The molecule has 2 heterocycles. The molecular formula is C24H39ClN4O2. The molecule has 1 aromatic rings. The maximum atomic E-state index is 13.3. The second-order valence-corrected chi connectivity index (χ2v) is 10.3. The van der Waals surface area contributed by atoms with Crippen LogP contribution in [0.2, 0.25) is 0 Å². The molecule has 0 aromatic carbocycles. The van der Waals surface area contributed by atoms with Crippen molar-refractivity contribution >= 4 is 18.3 Å². The molecule has 0 radical (unpaired) electrons. The average Bonchev–Trinajstić information content (AvgIpc) is 3.16. The normalized spacial score (nSPS) is 32.0. The smallest absolute Gasteiger partial charge is 0.258 e. The Morgan fingerprint density at radius 2 is 1.84 bits per heavy atom. The Kier molecular flexibility index (Phi) is 7.48. The number of aromatic nitrogens is 2. The number of piperidine rings is 1. The van der Waals surface area contributed by atoms with E-state index in [-0.39, 0.29) is 18.3 Å². The molecule has 0 spiro atoms. The molecule has 1 aromatic heterocycles. The summed E-state index contributed by atoms with van der Waals surface area (Å²) in [5.74, 6) is 4.63. The van der Waals surface area contributed by atoms with Crippen molar-refractivity contribution < 1.29 is 9.53 Å². The van der Waals surface area contributed by atoms with Crippen LogP contribution in [-0.2, 0) is 6.54 Å². The summed E-state index contributed by atoms with van der Waals surface area (Å²) in [7, 11) is 0. The number of ether oxygens (including phenoxy) is 1. The van der Waals surface area contributed by atoms with E-state index in [1.807, 2.05) is 4.68 Å². The van der Waals surface area contributed by atoms with Gasteiger partial charge in [0, 0.05) is 12.6 Å². The van der Waals surface area contributed by atoms with Crippen molar-refractivity contribution in [1.29, 1.82) is 0 Å². The summed E-state index contributed by atoms with van der Waals surface area (Å²) < 4.78 is 7.99. The van der Waals surface area contributed by atoms with Crippen molar-refractivity contribution in [2.75, 3.05) is 19.7 Å². The van der Waals surface area contributed by atoms with Crippen LogP contribution in [0.3, 0.4) is 0 Å². The van der Waals surface area contributed by atoms with Crippen LogP contribution in [-0.4, -0.2) is 41.4 Å². The van der Waals surface area contributed by atoms with E-state index in [0.717, 1.165) is 50.2 Å². The molecule has 174 valence electrons. The third-order valence-electron chi connectivity index (χ3n) is 8.21. The Morgan fingerprint density at radius 3 is 2.48 bits per heavy atom. The monoisotopic (exact) mass is 450 g/mol. The zero-order valence-electron chi connectivity index (χ0n) is 18.9. The lowest BCUT2D eigenvalue weighted by Gasteiger charge is -2.54. The Morgan fingerprint density at radius 1 is 1.16 bits per heavy atom. The van der Waals surface area contributed by atoms with E-state index in [1.165, 1.54) is 44.9 Å². The number of rotatable bonds is 8. The number of hydrogen-bond donors (Lipinski definition) is 2. The van der Waals surface area contributed by atoms with Crippen LogP contribution in [0.1, 0.15) is 75.1 Å². The van der Waals surface area contributed by atoms with Crippen LogP contribution in [0, 0.1) is 29.6 Å². The molecule has 7 heteroatoms. The molecule has 2 N–H and O–H groups in total. The fraction of sp³-hybridized carbons (Fsp3) is 0.833. The van der Waals surface area contributed by atoms with Crippen molar-refractivity contribution in [3.05, 3.63) is 11.8 Å². The van der Waals surface area contributed by atoms with Crippen LogP contribution >= 0.6 is 12.4 Å². The molecule has 1 aliphatic heterocycles. The molecular weight excluding hydrogens is 412 g/mol. The first-order valence-electron chi connectivity index (χ1n) is 12.4. The van der Waals surface area contributed by atoms with E-state index in [0.29, 0.717) is 35.9 Å². The first-order valence-corrected chi connectivity index (χ1v) is 12.4. The number of hydrogen-bond acceptors (Lipinski definition) is 4. The first kappa shape index (κ1) is 22.9. The van der Waals surface area contributed by atoms with Gasteiger partial charge in [-0.1, -0.05) is 6.92 Å². The zero-order valence-corrected chi connectivity index (χ0v) is 19.7. The fourth-order valence-electron chi connectivity index (χ4n) is 6.91. The topological polar surface area (TPSA) is 68.2 Å². The number of halogens is 1. The van der Waals surface area contributed by atoms with Gasteiger partial charge >= 0.3 is 0 Å². The van der Waals surface area contributed by atoms with Crippen LogP contribution in [0.5, 0.6) is 5.88 Å². The third-order valence-corrected chi connectivity index (χ3v) is 8.21. The van der Waals surface area contributed by atoms with Gasteiger partial charge in [0.15, 0.2) is 0 Å². The Hall–Kier alpha value is -1.27. The average molecular weight is 451 g/mol. The van der Waals surface area contributed by atoms with E-state index >= 15 is 0 Å². The predicted octanol–water partition coefficient (Wildman–Crippen LogP) is 4.04. The fourth-order valence-corrected chi connectivity index (χ4v) is 6.91. The summed E-state index contributed by atoms with van der Waals surface area (Å²) >= 11 is 0. The highest BCUT2D eigenvalue weighted by Crippen LogP contribution is 2.53. The van der Waals surface area contributed by atoms with Gasteiger partial charge in [-0.05, 0) is 100 Å². The maximum absolute atomic E-state index is 13.3. The van der Waals surface area contributed by atoms with Crippen LogP contribution in [0.4, 0.5) is 0 Å². The van der Waals surface area contributed by atoms with Crippen molar-refractivity contribution in [3.63, 3.8) is 0 Å². The van der Waals surface area contributed by atoms with Gasteiger partial charge in [0.25, 0.3) is 5.91 Å². The molecule has 4 saturated carbocycles. The Balaban J connectivity index is 0.00000231. The third kappa shape index (κ3) is 4.90. The molecule has 4 bridgehead atoms. The molecule has 6 nitrogen and oxygen atoms in total. The largest absolute Gasteiger partial charge is 0.477 e. The molecule has 5 fully saturated rings. The van der Waals surface area contributed by atoms with Crippen LogP contribution in [0.15, 0.2) is 6.20 Å². The number of carbonyl (C=O) groups excluding carboxylic acids is 1. The quantitative estimate of drug-likeness (QED) is 0.627. The summed E-state index contributed by atoms with van der Waals surface area (Å²) in [6.07, 6.45) is 12.9. The van der Waals surface area contributed by atoms with E-state index in [4.69, 9.17) is 4.74 Å². The van der Waals surface area contributed by atoms with Crippen molar-refractivity contribution in [1.82, 2.24) is 20.4 Å². The van der Waals surface area contributed by atoms with Crippen molar-refractivity contribution in [2.45, 2.75) is 77.3 Å². The summed E-state index contributed by atoms with van der Waals surface area (Å²) in [4.78, 5) is 13.3. The minimum Gasteiger partial charge on any atom is -0.477 e. The van der Waals surface area contributed by atoms with Gasteiger partial charge in [0.1, 0.15) is 5.56 Å². The SMILES string of the molecule is CCCOc1c(C(=O)NC2C3CC4CC(C3)CC2C4)cnn1CCC1CCNCC1.Cl. The lowest BCUT2D eigenvalue weighted by molar-refractivity contribution is -0.0120. The lowest BCUT2D eigenvalue weighted by atomic mass is 9.54. The van der Waals surface area contributed by atoms with Crippen LogP contribution < -0.4 is 15.4 Å². The Bertz CT molecular complexity index is 718. The highest BCUT2D eigenvalue weighted by atomic mass is 35.5. The molecule has 5 aliphatic rings. The highest BCUT2D eigenvalue weighted by Gasteiger charge is 2.48. The maximum Gasteiger partial charge on any atom is 0.258 e. The lowest BCUT2D eigenvalue weighted by Crippen LogP contribution is -2.55. The number of carbonyl (C=O) groups is 1. The number of nitrogens with zero attached hydrogens (tertiary/aromatic N) is 2. The molecule has 0 unspecified atom stereocenters. The van der Waals surface area contributed by atoms with E-state index in [1.54, 1.807) is 6.20 Å². The van der Waals surface area contributed by atoms with Gasteiger partial charge in [-0.25, -0.2) is 4.68 Å². The number of aryl methyl sites for hydroxylation is 1. The predicted molar refractivity (Wildman–Crippen MR) is 124 cm³/mol. The second kappa shape index (κ2) is 10.1. The molecule has 1 saturated heterocycles. The van der Waals surface area contributed by atoms with Gasteiger partial charge in [-0.3, -0.25) is 4.79 Å². The van der Waals surface area contributed by atoms with Gasteiger partial charge in [-0.15, -0.1) is 12.4 Å². The van der Waals surface area contributed by atoms with E-state index in [2.05, 4.69) is 22.7 Å². The molecule has 31 heavy (non-hydrogen) atoms. The van der Waals surface area contributed by atoms with Crippen molar-refractivity contribution in [3.8, 4) is 5.88 Å². The first-order chi connectivity index (χ1) is 14.7. The summed E-state index contributed by atoms with van der Waals surface area (Å²) in [5.41, 5.74) is 0.627. The Labute approximate surface area is 192 Å². The summed E-state index contributed by atoms with van der Waals surface area (Å²) in [6.45, 7) is 5.78. The minimum absolute atomic E-state index is 0. The second-order valence-electron chi connectivity index (χ2n) is 10.3. The molecule has 6 rings (SSSR count). The van der Waals surface area contributed by atoms with E-state index < -0.39 is 0 Å². The van der Waals surface area contributed by atoms with Crippen molar-refractivity contribution in [2.24, 2.45) is 29.6 Å². The zero-order chi connectivity index (χ0) is 20.5. The van der Waals surface area contributed by atoms with Gasteiger partial charge in [0.2, 0.25) is 5.88 Å². The molecule has 1 amide bonds. The summed E-state index contributed by atoms with van der Waals surface area (Å²) in [6, 6.07) is 0.349. The van der Waals surface area contributed by atoms with Gasteiger partial charge < -0.3 is 15.4 Å². The highest BCUT2D eigenvalue weighted by molar-refractivity contribution is 5.96. The van der Waals surface area contributed by atoms with Crippen LogP contribution in [0.25, 0.3) is 0 Å². The van der Waals surface area contributed by atoms with E-state index in [9.17, 15) is 4.79 Å². The minimum atomic E-state index is 0. The van der Waals surface area contributed by atoms with Gasteiger partial charge in [0.05, 0.1) is 12.8 Å². The number of amides is 1. The summed E-state index contributed by atoms with van der Waals surface area (Å²) in [5, 5.41) is 11.4. The molecule has 0 atom stereocenters.